The number of hydrogen-bond acceptors (Lipinski definition) is 2. The largest absolute Gasteiger partial charge is 0.308 e. The maximum atomic E-state index is 13.2. The van der Waals surface area contributed by atoms with Crippen molar-refractivity contribution in [2.75, 3.05) is 5.75 Å². The molecule has 1 N–H and O–H groups in total. The summed E-state index contributed by atoms with van der Waals surface area (Å²) in [5, 5.41) is 3.38. The molecular formula is C13H20FNS. The summed E-state index contributed by atoms with van der Waals surface area (Å²) in [4.78, 5) is 1.17. The Kier molecular flexibility index (Phi) is 4.81. The van der Waals surface area contributed by atoms with Gasteiger partial charge in [-0.05, 0) is 50.3 Å². The highest BCUT2D eigenvalue weighted by atomic mass is 32.2. The fraction of sp³-hybridized carbons (Fsp3) is 0.538. The van der Waals surface area contributed by atoms with Gasteiger partial charge in [0.1, 0.15) is 5.82 Å². The molecule has 1 nitrogen and oxygen atoms in total. The number of rotatable bonds is 4. The Labute approximate surface area is 102 Å². The molecule has 90 valence electrons. The van der Waals surface area contributed by atoms with Gasteiger partial charge in [-0.15, -0.1) is 11.8 Å². The van der Waals surface area contributed by atoms with Crippen LogP contribution in [0, 0.1) is 5.82 Å². The standard InChI is InChI=1S/C13H20FNS/c1-5-16-12-7-6-11(14)8-10(12)9-15-13(2,3)4/h6-8,15H,5,9H2,1-4H3. The minimum absolute atomic E-state index is 0.0560. The van der Waals surface area contributed by atoms with Gasteiger partial charge in [-0.2, -0.15) is 0 Å². The Hall–Kier alpha value is -0.540. The highest BCUT2D eigenvalue weighted by Gasteiger charge is 2.11. The third-order valence-electron chi connectivity index (χ3n) is 2.13. The second-order valence-electron chi connectivity index (χ2n) is 4.79. The van der Waals surface area contributed by atoms with Crippen LogP contribution in [0.2, 0.25) is 0 Å². The minimum Gasteiger partial charge on any atom is -0.308 e. The number of halogens is 1. The summed E-state index contributed by atoms with van der Waals surface area (Å²) in [6.45, 7) is 9.15. The molecular weight excluding hydrogens is 221 g/mol. The van der Waals surface area contributed by atoms with E-state index in [1.54, 1.807) is 17.8 Å². The van der Waals surface area contributed by atoms with Crippen LogP contribution >= 0.6 is 11.8 Å². The molecule has 0 aromatic heterocycles. The Morgan fingerprint density at radius 3 is 2.56 bits per heavy atom. The molecule has 0 aliphatic heterocycles. The quantitative estimate of drug-likeness (QED) is 0.804. The zero-order chi connectivity index (χ0) is 12.2. The molecule has 0 bridgehead atoms. The normalized spacial score (nSPS) is 11.8. The second kappa shape index (κ2) is 5.69. The van der Waals surface area contributed by atoms with Gasteiger partial charge in [-0.1, -0.05) is 6.92 Å². The molecule has 0 fully saturated rings. The lowest BCUT2D eigenvalue weighted by Crippen LogP contribution is -2.35. The molecule has 0 saturated carbocycles. The van der Waals surface area contributed by atoms with Gasteiger partial charge in [-0.25, -0.2) is 4.39 Å². The molecule has 0 radical (unpaired) electrons. The minimum atomic E-state index is -0.161. The third-order valence-corrected chi connectivity index (χ3v) is 3.13. The zero-order valence-electron chi connectivity index (χ0n) is 10.4. The highest BCUT2D eigenvalue weighted by molar-refractivity contribution is 7.99. The van der Waals surface area contributed by atoms with Crippen molar-refractivity contribution in [3.63, 3.8) is 0 Å². The van der Waals surface area contributed by atoms with Crippen LogP contribution in [0.25, 0.3) is 0 Å². The van der Waals surface area contributed by atoms with Crippen molar-refractivity contribution in [2.45, 2.75) is 44.7 Å². The number of benzene rings is 1. The van der Waals surface area contributed by atoms with Crippen LogP contribution < -0.4 is 5.32 Å². The van der Waals surface area contributed by atoms with E-state index >= 15 is 0 Å². The first-order chi connectivity index (χ1) is 7.42. The van der Waals surface area contributed by atoms with Crippen LogP contribution in [0.15, 0.2) is 23.1 Å². The van der Waals surface area contributed by atoms with Crippen molar-refractivity contribution in [3.05, 3.63) is 29.6 Å². The topological polar surface area (TPSA) is 12.0 Å². The Bertz CT molecular complexity index is 344. The molecule has 0 spiro atoms. The van der Waals surface area contributed by atoms with Gasteiger partial charge < -0.3 is 5.32 Å². The Balaban J connectivity index is 2.79. The fourth-order valence-electron chi connectivity index (χ4n) is 1.34. The van der Waals surface area contributed by atoms with Crippen LogP contribution in [0.3, 0.4) is 0 Å². The summed E-state index contributed by atoms with van der Waals surface area (Å²) in [6, 6.07) is 5.01. The first-order valence-corrected chi connectivity index (χ1v) is 6.57. The Morgan fingerprint density at radius 1 is 1.31 bits per heavy atom. The van der Waals surface area contributed by atoms with Gasteiger partial charge in [0.15, 0.2) is 0 Å². The average Bonchev–Trinajstić information content (AvgIpc) is 2.17. The molecule has 0 amide bonds. The summed E-state index contributed by atoms with van der Waals surface area (Å²) >= 11 is 1.75. The predicted molar refractivity (Wildman–Crippen MR) is 69.4 cm³/mol. The van der Waals surface area contributed by atoms with E-state index < -0.39 is 0 Å². The van der Waals surface area contributed by atoms with E-state index in [0.29, 0.717) is 6.54 Å². The maximum Gasteiger partial charge on any atom is 0.123 e. The molecule has 0 aliphatic carbocycles. The molecule has 16 heavy (non-hydrogen) atoms. The summed E-state index contributed by atoms with van der Waals surface area (Å²) in [5.41, 5.74) is 1.10. The van der Waals surface area contributed by atoms with Crippen molar-refractivity contribution in [1.29, 1.82) is 0 Å². The summed E-state index contributed by atoms with van der Waals surface area (Å²) in [5.74, 6) is 0.847. The molecule has 0 heterocycles. The van der Waals surface area contributed by atoms with E-state index in [0.717, 1.165) is 11.3 Å². The first kappa shape index (κ1) is 13.5. The molecule has 0 unspecified atom stereocenters. The maximum absolute atomic E-state index is 13.2. The number of thioether (sulfide) groups is 1. The average molecular weight is 241 g/mol. The van der Waals surface area contributed by atoms with Crippen LogP contribution in [0.1, 0.15) is 33.3 Å². The van der Waals surface area contributed by atoms with Crippen molar-refractivity contribution in [2.24, 2.45) is 0 Å². The first-order valence-electron chi connectivity index (χ1n) is 5.58. The lowest BCUT2D eigenvalue weighted by molar-refractivity contribution is 0.422. The van der Waals surface area contributed by atoms with Crippen molar-refractivity contribution in [1.82, 2.24) is 5.32 Å². The lowest BCUT2D eigenvalue weighted by Gasteiger charge is -2.21. The third kappa shape index (κ3) is 4.54. The van der Waals surface area contributed by atoms with Gasteiger partial charge in [0.05, 0.1) is 0 Å². The second-order valence-corrected chi connectivity index (χ2v) is 6.09. The van der Waals surface area contributed by atoms with Crippen LogP contribution in [0.4, 0.5) is 4.39 Å². The van der Waals surface area contributed by atoms with E-state index in [9.17, 15) is 4.39 Å². The number of hydrogen-bond donors (Lipinski definition) is 1. The molecule has 0 atom stereocenters. The Morgan fingerprint density at radius 2 is 2.00 bits per heavy atom. The molecule has 3 heteroatoms. The zero-order valence-corrected chi connectivity index (χ0v) is 11.2. The van der Waals surface area contributed by atoms with Gasteiger partial charge >= 0.3 is 0 Å². The van der Waals surface area contributed by atoms with Crippen LogP contribution in [-0.4, -0.2) is 11.3 Å². The smallest absolute Gasteiger partial charge is 0.123 e. The molecule has 1 rings (SSSR count). The van der Waals surface area contributed by atoms with Gasteiger partial charge in [0.25, 0.3) is 0 Å². The van der Waals surface area contributed by atoms with E-state index in [1.165, 1.54) is 11.0 Å². The van der Waals surface area contributed by atoms with Crippen molar-refractivity contribution in [3.8, 4) is 0 Å². The van der Waals surface area contributed by atoms with E-state index in [2.05, 4.69) is 33.0 Å². The van der Waals surface area contributed by atoms with Crippen LogP contribution in [0.5, 0.6) is 0 Å². The fourth-order valence-corrected chi connectivity index (χ4v) is 2.13. The monoisotopic (exact) mass is 241 g/mol. The SMILES string of the molecule is CCSc1ccc(F)cc1CNC(C)(C)C. The molecule has 1 aromatic rings. The van der Waals surface area contributed by atoms with E-state index in [4.69, 9.17) is 0 Å². The lowest BCUT2D eigenvalue weighted by atomic mass is 10.1. The predicted octanol–water partition coefficient (Wildman–Crippen LogP) is 3.83. The summed E-state index contributed by atoms with van der Waals surface area (Å²) in [7, 11) is 0. The van der Waals surface area contributed by atoms with Gasteiger partial charge in [-0.3, -0.25) is 0 Å². The van der Waals surface area contributed by atoms with Crippen molar-refractivity contribution >= 4 is 11.8 Å². The highest BCUT2D eigenvalue weighted by Crippen LogP contribution is 2.23. The van der Waals surface area contributed by atoms with Gasteiger partial charge in [0.2, 0.25) is 0 Å². The summed E-state index contributed by atoms with van der Waals surface area (Å²) in [6.07, 6.45) is 0. The molecule has 0 saturated heterocycles. The molecule has 0 aliphatic rings. The summed E-state index contributed by atoms with van der Waals surface area (Å²) < 4.78 is 13.2. The van der Waals surface area contributed by atoms with Crippen LogP contribution in [-0.2, 0) is 6.54 Å². The van der Waals surface area contributed by atoms with Gasteiger partial charge in [0, 0.05) is 17.0 Å². The van der Waals surface area contributed by atoms with E-state index in [1.807, 2.05) is 6.07 Å². The number of nitrogens with one attached hydrogen (secondary N) is 1. The molecule has 1 aromatic carbocycles. The van der Waals surface area contributed by atoms with E-state index in [-0.39, 0.29) is 11.4 Å². The van der Waals surface area contributed by atoms with Crippen molar-refractivity contribution < 1.29 is 4.39 Å².